The van der Waals surface area contributed by atoms with Crippen LogP contribution in [0.3, 0.4) is 0 Å². The summed E-state index contributed by atoms with van der Waals surface area (Å²) in [5.74, 6) is 2.04. The lowest BCUT2D eigenvalue weighted by Crippen LogP contribution is -2.71. The molecule has 0 radical (unpaired) electrons. The van der Waals surface area contributed by atoms with Crippen LogP contribution in [0.5, 0.6) is 0 Å². The van der Waals surface area contributed by atoms with E-state index in [9.17, 15) is 0 Å². The van der Waals surface area contributed by atoms with E-state index in [-0.39, 0.29) is 0 Å². The fourth-order valence-corrected chi connectivity index (χ4v) is 6.53. The molecular weight excluding hydrogens is 180 g/mol. The first-order valence-electron chi connectivity index (χ1n) is 7.05. The molecule has 0 N–H and O–H groups in total. The van der Waals surface area contributed by atoms with E-state index < -0.39 is 0 Å². The lowest BCUT2D eigenvalue weighted by molar-refractivity contribution is -0.296. The summed E-state index contributed by atoms with van der Waals surface area (Å²) in [6.45, 7) is 10.0. The highest BCUT2D eigenvalue weighted by molar-refractivity contribution is 5.33. The van der Waals surface area contributed by atoms with Gasteiger partial charge in [-0.25, -0.2) is 0 Å². The van der Waals surface area contributed by atoms with Crippen molar-refractivity contribution in [3.63, 3.8) is 0 Å². The molecule has 0 saturated heterocycles. The highest BCUT2D eigenvalue weighted by Gasteiger charge is 2.85. The van der Waals surface area contributed by atoms with Crippen molar-refractivity contribution in [2.24, 2.45) is 28.1 Å². The maximum absolute atomic E-state index is 2.61. The Morgan fingerprint density at radius 1 is 1.20 bits per heavy atom. The molecule has 5 atom stereocenters. The van der Waals surface area contributed by atoms with Gasteiger partial charge >= 0.3 is 0 Å². The third-order valence-corrected chi connectivity index (χ3v) is 7.24. The first kappa shape index (κ1) is 10.2. The molecular formula is C15H26. The zero-order chi connectivity index (χ0) is 10.9. The summed E-state index contributed by atoms with van der Waals surface area (Å²) in [4.78, 5) is 0. The summed E-state index contributed by atoms with van der Waals surface area (Å²) in [5, 5.41) is 0. The molecule has 0 heterocycles. The van der Waals surface area contributed by atoms with Gasteiger partial charge < -0.3 is 0 Å². The zero-order valence-corrected chi connectivity index (χ0v) is 10.9. The summed E-state index contributed by atoms with van der Waals surface area (Å²) in [5.41, 5.74) is 2.33. The minimum atomic E-state index is 0.722. The molecule has 4 saturated carbocycles. The Hall–Kier alpha value is 0. The summed E-state index contributed by atoms with van der Waals surface area (Å²) in [6, 6.07) is 0. The van der Waals surface area contributed by atoms with Crippen molar-refractivity contribution in [2.75, 3.05) is 0 Å². The van der Waals surface area contributed by atoms with Gasteiger partial charge in [-0.15, -0.1) is 0 Å². The lowest BCUT2D eigenvalue weighted by Gasteiger charge is -2.77. The predicted molar refractivity (Wildman–Crippen MR) is 64.7 cm³/mol. The second-order valence-electron chi connectivity index (χ2n) is 6.97. The number of fused-ring (bicyclic) bond motifs is 1. The van der Waals surface area contributed by atoms with E-state index >= 15 is 0 Å². The molecule has 86 valence electrons. The minimum absolute atomic E-state index is 0.722. The Morgan fingerprint density at radius 3 is 2.33 bits per heavy atom. The fraction of sp³-hybridized carbons (Fsp3) is 1.00. The van der Waals surface area contributed by atoms with Crippen LogP contribution in [-0.4, -0.2) is 0 Å². The van der Waals surface area contributed by atoms with Gasteiger partial charge in [-0.2, -0.15) is 0 Å². The van der Waals surface area contributed by atoms with Crippen LogP contribution < -0.4 is 0 Å². The summed E-state index contributed by atoms with van der Waals surface area (Å²) >= 11 is 0. The molecule has 15 heavy (non-hydrogen) atoms. The number of hydrogen-bond donors (Lipinski definition) is 0. The molecule has 5 unspecified atom stereocenters. The van der Waals surface area contributed by atoms with Gasteiger partial charge in [0, 0.05) is 0 Å². The molecule has 0 aliphatic heterocycles. The Labute approximate surface area is 94.8 Å². The van der Waals surface area contributed by atoms with Crippen LogP contribution in [0.15, 0.2) is 0 Å². The standard InChI is InChI=1S/C15H26/c1-5-6-7-14-8-9-15(14)11(2)10-13(14,4)12(15)3/h11-12H,5-10H2,1-4H3. The molecule has 0 aromatic heterocycles. The van der Waals surface area contributed by atoms with E-state index in [1.807, 2.05) is 0 Å². The topological polar surface area (TPSA) is 0 Å². The molecule has 4 aliphatic carbocycles. The van der Waals surface area contributed by atoms with Gasteiger partial charge in [0.2, 0.25) is 0 Å². The molecule has 2 bridgehead atoms. The van der Waals surface area contributed by atoms with E-state index in [0.717, 1.165) is 28.1 Å². The SMILES string of the molecule is CCCCC12CCC13C(C)CC2(C)C3C. The minimum Gasteiger partial charge on any atom is -0.0654 e. The van der Waals surface area contributed by atoms with Gasteiger partial charge in [0.1, 0.15) is 0 Å². The van der Waals surface area contributed by atoms with Gasteiger partial charge in [-0.3, -0.25) is 0 Å². The van der Waals surface area contributed by atoms with Gasteiger partial charge in [-0.1, -0.05) is 40.5 Å². The van der Waals surface area contributed by atoms with Gasteiger partial charge in [0.05, 0.1) is 0 Å². The van der Waals surface area contributed by atoms with Gasteiger partial charge in [0.25, 0.3) is 0 Å². The molecule has 0 aromatic carbocycles. The molecule has 4 fully saturated rings. The first-order valence-corrected chi connectivity index (χ1v) is 7.05. The average molecular weight is 206 g/mol. The second kappa shape index (κ2) is 2.63. The Kier molecular flexibility index (Phi) is 1.78. The summed E-state index contributed by atoms with van der Waals surface area (Å²) < 4.78 is 0. The molecule has 4 aliphatic rings. The normalized spacial score (nSPS) is 60.8. The molecule has 0 amide bonds. The third-order valence-electron chi connectivity index (χ3n) is 7.24. The van der Waals surface area contributed by atoms with Crippen LogP contribution in [0.1, 0.15) is 66.2 Å². The zero-order valence-electron chi connectivity index (χ0n) is 10.9. The quantitative estimate of drug-likeness (QED) is 0.631. The van der Waals surface area contributed by atoms with Gasteiger partial charge in [0.15, 0.2) is 0 Å². The second-order valence-corrected chi connectivity index (χ2v) is 6.97. The van der Waals surface area contributed by atoms with E-state index in [2.05, 4.69) is 27.7 Å². The van der Waals surface area contributed by atoms with Crippen molar-refractivity contribution in [2.45, 2.75) is 66.2 Å². The predicted octanol–water partition coefficient (Wildman–Crippen LogP) is 4.64. The number of hydrogen-bond acceptors (Lipinski definition) is 0. The largest absolute Gasteiger partial charge is 0.0654 e. The average Bonchev–Trinajstić information content (AvgIpc) is 2.44. The number of rotatable bonds is 3. The molecule has 0 heteroatoms. The van der Waals surface area contributed by atoms with Crippen LogP contribution in [-0.2, 0) is 0 Å². The third kappa shape index (κ3) is 0.718. The molecule has 0 nitrogen and oxygen atoms in total. The monoisotopic (exact) mass is 206 g/mol. The lowest BCUT2D eigenvalue weighted by atomic mass is 9.27. The van der Waals surface area contributed by atoms with Crippen LogP contribution in [0.2, 0.25) is 0 Å². The van der Waals surface area contributed by atoms with Crippen molar-refractivity contribution in [3.8, 4) is 0 Å². The van der Waals surface area contributed by atoms with Crippen molar-refractivity contribution in [1.82, 2.24) is 0 Å². The summed E-state index contributed by atoms with van der Waals surface area (Å²) in [7, 11) is 0. The van der Waals surface area contributed by atoms with Crippen LogP contribution in [0, 0.1) is 28.1 Å². The van der Waals surface area contributed by atoms with Crippen LogP contribution in [0.25, 0.3) is 0 Å². The van der Waals surface area contributed by atoms with Crippen LogP contribution in [0.4, 0.5) is 0 Å². The highest BCUT2D eigenvalue weighted by atomic mass is 14.9. The number of unbranched alkanes of at least 4 members (excludes halogenated alkanes) is 1. The fourth-order valence-electron chi connectivity index (χ4n) is 6.53. The molecule has 4 rings (SSSR count). The smallest absolute Gasteiger partial charge is 0.0179 e. The first-order chi connectivity index (χ1) is 7.05. The Bertz CT molecular complexity index is 294. The van der Waals surface area contributed by atoms with Crippen molar-refractivity contribution in [1.29, 1.82) is 0 Å². The highest BCUT2D eigenvalue weighted by Crippen LogP contribution is 2.91. The van der Waals surface area contributed by atoms with E-state index in [1.165, 1.54) is 25.7 Å². The van der Waals surface area contributed by atoms with E-state index in [4.69, 9.17) is 0 Å². The summed E-state index contributed by atoms with van der Waals surface area (Å²) in [6.07, 6.45) is 9.02. The van der Waals surface area contributed by atoms with Crippen molar-refractivity contribution < 1.29 is 0 Å². The maximum atomic E-state index is 2.61. The van der Waals surface area contributed by atoms with E-state index in [0.29, 0.717) is 0 Å². The van der Waals surface area contributed by atoms with Gasteiger partial charge in [-0.05, 0) is 53.8 Å². The van der Waals surface area contributed by atoms with Crippen LogP contribution >= 0.6 is 0 Å². The van der Waals surface area contributed by atoms with Crippen molar-refractivity contribution >= 4 is 0 Å². The Balaban J connectivity index is 1.93. The van der Waals surface area contributed by atoms with E-state index in [1.54, 1.807) is 12.8 Å². The Morgan fingerprint density at radius 2 is 1.93 bits per heavy atom. The van der Waals surface area contributed by atoms with Crippen molar-refractivity contribution in [3.05, 3.63) is 0 Å². The molecule has 0 aromatic rings. The maximum Gasteiger partial charge on any atom is -0.0179 e. The molecule has 1 spiro atoms.